The van der Waals surface area contributed by atoms with E-state index in [1.807, 2.05) is 0 Å². The number of rotatable bonds is 3. The van der Waals surface area contributed by atoms with E-state index in [9.17, 15) is 13.2 Å². The van der Waals surface area contributed by atoms with Crippen LogP contribution in [0, 0.1) is 6.92 Å². The number of benzene rings is 1. The molecule has 2 nitrogen and oxygen atoms in total. The highest BCUT2D eigenvalue weighted by Gasteiger charge is 2.26. The fourth-order valence-corrected chi connectivity index (χ4v) is 1.06. The van der Waals surface area contributed by atoms with Crippen LogP contribution in [0.3, 0.4) is 0 Å². The average molecular weight is 219 g/mol. The van der Waals surface area contributed by atoms with Gasteiger partial charge >= 0.3 is 6.18 Å². The van der Waals surface area contributed by atoms with E-state index in [-0.39, 0.29) is 0 Å². The van der Waals surface area contributed by atoms with Crippen LogP contribution >= 0.6 is 0 Å². The summed E-state index contributed by atoms with van der Waals surface area (Å²) in [6, 6.07) is 5.01. The molecule has 0 aliphatic carbocycles. The molecule has 2 N–H and O–H groups in total. The van der Waals surface area contributed by atoms with E-state index >= 15 is 0 Å². The Labute approximate surface area is 85.8 Å². The lowest BCUT2D eigenvalue weighted by Crippen LogP contribution is -2.13. The molecule has 0 spiro atoms. The van der Waals surface area contributed by atoms with Crippen LogP contribution < -0.4 is 10.5 Å². The van der Waals surface area contributed by atoms with Crippen LogP contribution in [0.5, 0.6) is 5.75 Å². The van der Waals surface area contributed by atoms with Gasteiger partial charge in [-0.05, 0) is 18.6 Å². The Morgan fingerprint density at radius 3 is 2.60 bits per heavy atom. The summed E-state index contributed by atoms with van der Waals surface area (Å²) in [6.45, 7) is 1.36. The third-order valence-electron chi connectivity index (χ3n) is 1.93. The van der Waals surface area contributed by atoms with Crippen LogP contribution in [0.25, 0.3) is 0 Å². The third-order valence-corrected chi connectivity index (χ3v) is 1.93. The summed E-state index contributed by atoms with van der Waals surface area (Å²) in [5, 5.41) is 0. The van der Waals surface area contributed by atoms with Gasteiger partial charge in [-0.15, -0.1) is 0 Å². The molecule has 0 amide bonds. The highest BCUT2D eigenvalue weighted by molar-refractivity contribution is 5.57. The predicted molar refractivity (Wildman–Crippen MR) is 51.8 cm³/mol. The Balaban J connectivity index is 2.55. The van der Waals surface area contributed by atoms with E-state index in [2.05, 4.69) is 0 Å². The molecule has 1 aromatic carbocycles. The first-order valence-corrected chi connectivity index (χ1v) is 4.45. The van der Waals surface area contributed by atoms with E-state index in [4.69, 9.17) is 10.5 Å². The molecule has 84 valence electrons. The lowest BCUT2D eigenvalue weighted by Gasteiger charge is -2.11. The number of anilines is 1. The van der Waals surface area contributed by atoms with Crippen molar-refractivity contribution >= 4 is 5.69 Å². The van der Waals surface area contributed by atoms with E-state index < -0.39 is 19.2 Å². The number of nitrogen functional groups attached to an aromatic ring is 1. The quantitative estimate of drug-likeness (QED) is 0.793. The summed E-state index contributed by atoms with van der Waals surface area (Å²) in [5.74, 6) is 0.305. The fourth-order valence-electron chi connectivity index (χ4n) is 1.06. The molecule has 0 saturated carbocycles. The zero-order chi connectivity index (χ0) is 11.5. The van der Waals surface area contributed by atoms with Crippen molar-refractivity contribution in [2.45, 2.75) is 19.5 Å². The summed E-state index contributed by atoms with van der Waals surface area (Å²) >= 11 is 0. The zero-order valence-corrected chi connectivity index (χ0v) is 8.27. The topological polar surface area (TPSA) is 35.2 Å². The summed E-state index contributed by atoms with van der Waals surface area (Å²) in [7, 11) is 0. The maximum absolute atomic E-state index is 11.8. The summed E-state index contributed by atoms with van der Waals surface area (Å²) in [5.41, 5.74) is 6.81. The van der Waals surface area contributed by atoms with Crippen molar-refractivity contribution in [2.75, 3.05) is 12.3 Å². The fraction of sp³-hybridized carbons (Fsp3) is 0.400. The highest BCUT2D eigenvalue weighted by atomic mass is 19.4. The van der Waals surface area contributed by atoms with Gasteiger partial charge in [0.2, 0.25) is 0 Å². The van der Waals surface area contributed by atoms with Gasteiger partial charge in [0.25, 0.3) is 0 Å². The summed E-state index contributed by atoms with van der Waals surface area (Å²) in [4.78, 5) is 0. The predicted octanol–water partition coefficient (Wildman–Crippen LogP) is 2.91. The van der Waals surface area contributed by atoms with Crippen molar-refractivity contribution in [3.05, 3.63) is 23.8 Å². The average Bonchev–Trinajstić information content (AvgIpc) is 2.10. The second-order valence-corrected chi connectivity index (χ2v) is 3.20. The van der Waals surface area contributed by atoms with Crippen LogP contribution in [0.1, 0.15) is 12.0 Å². The molecule has 0 bridgehead atoms. The van der Waals surface area contributed by atoms with Crippen molar-refractivity contribution in [3.63, 3.8) is 0 Å². The Kier molecular flexibility index (Phi) is 3.44. The van der Waals surface area contributed by atoms with Gasteiger partial charge in [0, 0.05) is 0 Å². The largest absolute Gasteiger partial charge is 0.491 e. The molecule has 1 aromatic rings. The van der Waals surface area contributed by atoms with Gasteiger partial charge in [0.1, 0.15) is 5.75 Å². The van der Waals surface area contributed by atoms with Crippen LogP contribution in [0.15, 0.2) is 18.2 Å². The lowest BCUT2D eigenvalue weighted by atomic mass is 10.2. The number of aryl methyl sites for hydroxylation is 1. The Hall–Kier alpha value is -1.39. The third kappa shape index (κ3) is 3.69. The number of alkyl halides is 3. The van der Waals surface area contributed by atoms with E-state index in [1.165, 1.54) is 0 Å². The zero-order valence-electron chi connectivity index (χ0n) is 8.27. The minimum Gasteiger partial charge on any atom is -0.491 e. The van der Waals surface area contributed by atoms with E-state index in [1.54, 1.807) is 25.1 Å². The molecule has 0 heterocycles. The van der Waals surface area contributed by atoms with Gasteiger partial charge in [-0.2, -0.15) is 13.2 Å². The Morgan fingerprint density at radius 1 is 1.33 bits per heavy atom. The summed E-state index contributed by atoms with van der Waals surface area (Å²) in [6.07, 6.45) is -5.17. The molecule has 0 aromatic heterocycles. The molecule has 0 atom stereocenters. The van der Waals surface area contributed by atoms with Gasteiger partial charge in [0.15, 0.2) is 0 Å². The number of hydrogen-bond donors (Lipinski definition) is 1. The van der Waals surface area contributed by atoms with Crippen LogP contribution in [-0.2, 0) is 0 Å². The molecule has 0 radical (unpaired) electrons. The number of para-hydroxylation sites is 1. The van der Waals surface area contributed by atoms with Crippen molar-refractivity contribution in [1.82, 2.24) is 0 Å². The van der Waals surface area contributed by atoms with E-state index in [0.29, 0.717) is 11.4 Å². The second kappa shape index (κ2) is 4.42. The first-order chi connectivity index (χ1) is 6.90. The normalized spacial score (nSPS) is 11.5. The van der Waals surface area contributed by atoms with Crippen molar-refractivity contribution in [2.24, 2.45) is 0 Å². The monoisotopic (exact) mass is 219 g/mol. The minimum absolute atomic E-state index is 0.305. The first-order valence-electron chi connectivity index (χ1n) is 4.45. The lowest BCUT2D eigenvalue weighted by molar-refractivity contribution is -0.139. The number of halogens is 3. The standard InChI is InChI=1S/C10H12F3NO/c1-7-3-2-4-8(9(7)14)15-6-5-10(11,12)13/h2-4H,5-6,14H2,1H3. The molecule has 15 heavy (non-hydrogen) atoms. The second-order valence-electron chi connectivity index (χ2n) is 3.20. The van der Waals surface area contributed by atoms with Crippen molar-refractivity contribution in [1.29, 1.82) is 0 Å². The first kappa shape index (κ1) is 11.7. The van der Waals surface area contributed by atoms with Gasteiger partial charge < -0.3 is 10.5 Å². The maximum Gasteiger partial charge on any atom is 0.392 e. The smallest absolute Gasteiger partial charge is 0.392 e. The van der Waals surface area contributed by atoms with Gasteiger partial charge in [-0.3, -0.25) is 0 Å². The van der Waals surface area contributed by atoms with Crippen LogP contribution in [0.4, 0.5) is 18.9 Å². The van der Waals surface area contributed by atoms with Gasteiger partial charge in [-0.25, -0.2) is 0 Å². The number of hydrogen-bond acceptors (Lipinski definition) is 2. The maximum atomic E-state index is 11.8. The molecule has 0 unspecified atom stereocenters. The Bertz CT molecular complexity index is 336. The summed E-state index contributed by atoms with van der Waals surface area (Å²) < 4.78 is 40.4. The highest BCUT2D eigenvalue weighted by Crippen LogP contribution is 2.26. The SMILES string of the molecule is Cc1cccc(OCCC(F)(F)F)c1N. The Morgan fingerprint density at radius 2 is 2.00 bits per heavy atom. The van der Waals surface area contributed by atoms with Crippen LogP contribution in [0.2, 0.25) is 0 Å². The minimum atomic E-state index is -4.20. The molecular weight excluding hydrogens is 207 g/mol. The molecular formula is C10H12F3NO. The molecule has 5 heteroatoms. The number of nitrogens with two attached hydrogens (primary N) is 1. The molecule has 0 fully saturated rings. The van der Waals surface area contributed by atoms with Gasteiger partial charge in [-0.1, -0.05) is 12.1 Å². The molecule has 1 rings (SSSR count). The molecule has 0 saturated heterocycles. The van der Waals surface area contributed by atoms with Crippen LogP contribution in [-0.4, -0.2) is 12.8 Å². The van der Waals surface area contributed by atoms with Crippen molar-refractivity contribution < 1.29 is 17.9 Å². The van der Waals surface area contributed by atoms with E-state index in [0.717, 1.165) is 5.56 Å². The van der Waals surface area contributed by atoms with Gasteiger partial charge in [0.05, 0.1) is 18.7 Å². The number of ether oxygens (including phenoxy) is 1. The van der Waals surface area contributed by atoms with Crippen molar-refractivity contribution in [3.8, 4) is 5.75 Å². The molecule has 0 aliphatic heterocycles. The molecule has 0 aliphatic rings.